The lowest BCUT2D eigenvalue weighted by Crippen LogP contribution is -2.22. The van der Waals surface area contributed by atoms with Crippen molar-refractivity contribution in [2.24, 2.45) is 0 Å². The summed E-state index contributed by atoms with van der Waals surface area (Å²) in [5.41, 5.74) is 2.33. The first kappa shape index (κ1) is 21.6. The van der Waals surface area contributed by atoms with Crippen molar-refractivity contribution in [1.82, 2.24) is 10.6 Å². The number of nitro benzene ring substituents is 1. The van der Waals surface area contributed by atoms with E-state index >= 15 is 0 Å². The molecular formula is C22H21N3O6. The molecule has 1 aliphatic rings. The zero-order valence-corrected chi connectivity index (χ0v) is 16.8. The maximum absolute atomic E-state index is 11.8. The van der Waals surface area contributed by atoms with E-state index in [9.17, 15) is 19.7 Å². The topological polar surface area (TPSA) is 120 Å². The van der Waals surface area contributed by atoms with Gasteiger partial charge in [0.2, 0.25) is 0 Å². The van der Waals surface area contributed by atoms with Crippen molar-refractivity contribution >= 4 is 23.7 Å². The molecule has 9 nitrogen and oxygen atoms in total. The van der Waals surface area contributed by atoms with Crippen LogP contribution in [0.1, 0.15) is 23.6 Å². The van der Waals surface area contributed by atoms with Gasteiger partial charge in [0.1, 0.15) is 12.3 Å². The molecule has 0 atom stereocenters. The summed E-state index contributed by atoms with van der Waals surface area (Å²) in [6.45, 7) is 6.18. The smallest absolute Gasteiger partial charge is 0.326 e. The van der Waals surface area contributed by atoms with Crippen LogP contribution in [0.2, 0.25) is 0 Å². The Morgan fingerprint density at radius 3 is 2.45 bits per heavy atom. The predicted octanol–water partition coefficient (Wildman–Crippen LogP) is 3.48. The highest BCUT2D eigenvalue weighted by atomic mass is 16.6. The minimum atomic E-state index is -0.573. The summed E-state index contributed by atoms with van der Waals surface area (Å²) in [5.74, 6) is 0.481. The number of benzene rings is 2. The largest absolute Gasteiger partial charge is 0.490 e. The lowest BCUT2D eigenvalue weighted by molar-refractivity contribution is -0.384. The summed E-state index contributed by atoms with van der Waals surface area (Å²) >= 11 is 0. The molecule has 0 radical (unpaired) electrons. The molecule has 0 aliphatic carbocycles. The first-order valence-electron chi connectivity index (χ1n) is 9.52. The monoisotopic (exact) mass is 423 g/mol. The molecule has 0 spiro atoms. The predicted molar refractivity (Wildman–Crippen MR) is 114 cm³/mol. The van der Waals surface area contributed by atoms with Crippen LogP contribution in [0.25, 0.3) is 6.08 Å². The van der Waals surface area contributed by atoms with Crippen molar-refractivity contribution in [2.75, 3.05) is 6.61 Å². The average molecular weight is 423 g/mol. The van der Waals surface area contributed by atoms with Crippen LogP contribution >= 0.6 is 0 Å². The molecule has 0 aromatic heterocycles. The number of carbonyl (C=O) groups is 2. The molecule has 1 fully saturated rings. The third kappa shape index (κ3) is 5.27. The Balaban J connectivity index is 1.91. The van der Waals surface area contributed by atoms with Crippen molar-refractivity contribution < 1.29 is 24.0 Å². The molecule has 2 N–H and O–H groups in total. The quantitative estimate of drug-likeness (QED) is 0.209. The third-order valence-corrected chi connectivity index (χ3v) is 4.38. The molecule has 2 aromatic carbocycles. The average Bonchev–Trinajstić information content (AvgIpc) is 3.04. The molecule has 160 valence electrons. The lowest BCUT2D eigenvalue weighted by Gasteiger charge is -2.17. The van der Waals surface area contributed by atoms with E-state index in [-0.39, 0.29) is 18.0 Å². The number of ether oxygens (including phenoxy) is 2. The maximum Gasteiger partial charge on any atom is 0.326 e. The minimum absolute atomic E-state index is 0.00605. The second-order valence-electron chi connectivity index (χ2n) is 6.61. The van der Waals surface area contributed by atoms with Gasteiger partial charge in [-0.1, -0.05) is 6.08 Å². The van der Waals surface area contributed by atoms with Gasteiger partial charge in [-0.3, -0.25) is 20.2 Å². The van der Waals surface area contributed by atoms with E-state index in [1.807, 2.05) is 13.0 Å². The Bertz CT molecular complexity index is 1060. The molecule has 1 saturated heterocycles. The summed E-state index contributed by atoms with van der Waals surface area (Å²) in [6, 6.07) is 9.06. The number of carbonyl (C=O) groups excluding carboxylic acids is 2. The fourth-order valence-electron chi connectivity index (χ4n) is 3.02. The van der Waals surface area contributed by atoms with Gasteiger partial charge in [0.15, 0.2) is 11.5 Å². The molecule has 9 heteroatoms. The standard InChI is InChI=1S/C22H21N3O6/c1-3-5-16-10-15(11-18-21(26)24-22(27)23-18)12-19(30-4-2)20(16)31-13-14-6-8-17(9-7-14)25(28)29/h3,6-12H,1,4-5,13H2,2H3,(H2,23,24,26,27)/b18-11-. The van der Waals surface area contributed by atoms with E-state index in [4.69, 9.17) is 9.47 Å². The van der Waals surface area contributed by atoms with Crippen LogP contribution in [0.4, 0.5) is 10.5 Å². The number of allylic oxidation sites excluding steroid dienone is 1. The van der Waals surface area contributed by atoms with E-state index in [2.05, 4.69) is 17.2 Å². The van der Waals surface area contributed by atoms with Crippen LogP contribution in [0.15, 0.2) is 54.8 Å². The van der Waals surface area contributed by atoms with Gasteiger partial charge < -0.3 is 14.8 Å². The van der Waals surface area contributed by atoms with Gasteiger partial charge in [-0.25, -0.2) is 4.79 Å². The molecule has 3 rings (SSSR count). The van der Waals surface area contributed by atoms with Crippen LogP contribution < -0.4 is 20.1 Å². The van der Waals surface area contributed by atoms with E-state index in [1.54, 1.807) is 30.4 Å². The molecule has 31 heavy (non-hydrogen) atoms. The highest BCUT2D eigenvalue weighted by molar-refractivity contribution is 6.14. The summed E-state index contributed by atoms with van der Waals surface area (Å²) < 4.78 is 11.8. The zero-order valence-electron chi connectivity index (χ0n) is 16.8. The summed E-state index contributed by atoms with van der Waals surface area (Å²) in [6.07, 6.45) is 3.74. The summed E-state index contributed by atoms with van der Waals surface area (Å²) in [5, 5.41) is 15.4. The molecular weight excluding hydrogens is 402 g/mol. The second kappa shape index (κ2) is 9.57. The Morgan fingerprint density at radius 2 is 1.87 bits per heavy atom. The van der Waals surface area contributed by atoms with Gasteiger partial charge in [0.25, 0.3) is 11.6 Å². The van der Waals surface area contributed by atoms with Crippen molar-refractivity contribution in [1.29, 1.82) is 0 Å². The highest BCUT2D eigenvalue weighted by Crippen LogP contribution is 2.35. The van der Waals surface area contributed by atoms with Gasteiger partial charge in [-0.15, -0.1) is 6.58 Å². The van der Waals surface area contributed by atoms with Crippen LogP contribution in [-0.2, 0) is 17.8 Å². The minimum Gasteiger partial charge on any atom is -0.490 e. The molecule has 3 amide bonds. The van der Waals surface area contributed by atoms with Crippen LogP contribution in [0, 0.1) is 10.1 Å². The number of hydrogen-bond acceptors (Lipinski definition) is 6. The number of urea groups is 1. The summed E-state index contributed by atoms with van der Waals surface area (Å²) in [4.78, 5) is 33.5. The van der Waals surface area contributed by atoms with E-state index in [0.717, 1.165) is 11.1 Å². The number of non-ortho nitro benzene ring substituents is 1. The third-order valence-electron chi connectivity index (χ3n) is 4.38. The summed E-state index contributed by atoms with van der Waals surface area (Å²) in [7, 11) is 0. The lowest BCUT2D eigenvalue weighted by atomic mass is 10.0. The van der Waals surface area contributed by atoms with E-state index in [1.165, 1.54) is 12.1 Å². The first-order chi connectivity index (χ1) is 14.9. The van der Waals surface area contributed by atoms with Gasteiger partial charge in [-0.05, 0) is 54.8 Å². The molecule has 0 unspecified atom stereocenters. The van der Waals surface area contributed by atoms with Crippen LogP contribution in [0.3, 0.4) is 0 Å². The number of imide groups is 1. The first-order valence-corrected chi connectivity index (χ1v) is 9.52. The molecule has 2 aromatic rings. The van der Waals surface area contributed by atoms with Crippen LogP contribution in [0.5, 0.6) is 11.5 Å². The molecule has 1 aliphatic heterocycles. The van der Waals surface area contributed by atoms with E-state index < -0.39 is 16.9 Å². The number of nitrogens with zero attached hydrogens (tertiary/aromatic N) is 1. The fraction of sp³-hybridized carbons (Fsp3) is 0.182. The second-order valence-corrected chi connectivity index (χ2v) is 6.61. The fourth-order valence-corrected chi connectivity index (χ4v) is 3.02. The van der Waals surface area contributed by atoms with Gasteiger partial charge in [-0.2, -0.15) is 0 Å². The number of nitrogens with one attached hydrogen (secondary N) is 2. The highest BCUT2D eigenvalue weighted by Gasteiger charge is 2.23. The normalized spacial score (nSPS) is 14.2. The SMILES string of the molecule is C=CCc1cc(/C=C2\NC(=O)NC2=O)cc(OCC)c1OCc1ccc([N+](=O)[O-])cc1. The molecule has 0 bridgehead atoms. The van der Waals surface area contributed by atoms with Crippen molar-refractivity contribution in [3.05, 3.63) is 81.6 Å². The van der Waals surface area contributed by atoms with E-state index in [0.29, 0.717) is 30.1 Å². The number of hydrogen-bond donors (Lipinski definition) is 2. The zero-order chi connectivity index (χ0) is 22.4. The van der Waals surface area contributed by atoms with Crippen LogP contribution in [-0.4, -0.2) is 23.5 Å². The molecule has 1 heterocycles. The van der Waals surface area contributed by atoms with Crippen molar-refractivity contribution in [2.45, 2.75) is 20.0 Å². The Morgan fingerprint density at radius 1 is 1.13 bits per heavy atom. The Kier molecular flexibility index (Phi) is 6.66. The Labute approximate surface area is 178 Å². The van der Waals surface area contributed by atoms with Gasteiger partial charge in [0.05, 0.1) is 11.5 Å². The van der Waals surface area contributed by atoms with Gasteiger partial charge in [0, 0.05) is 17.7 Å². The van der Waals surface area contributed by atoms with Crippen molar-refractivity contribution in [3.63, 3.8) is 0 Å². The Hall–Kier alpha value is -4.14. The maximum atomic E-state index is 11.8. The van der Waals surface area contributed by atoms with Crippen molar-refractivity contribution in [3.8, 4) is 11.5 Å². The molecule has 0 saturated carbocycles. The number of nitro groups is 1. The number of amides is 3. The number of rotatable bonds is 9. The van der Waals surface area contributed by atoms with Gasteiger partial charge >= 0.3 is 6.03 Å².